The first kappa shape index (κ1) is 12.4. The summed E-state index contributed by atoms with van der Waals surface area (Å²) in [5.74, 6) is -0.266. The van der Waals surface area contributed by atoms with Crippen molar-refractivity contribution in [2.45, 2.75) is 19.9 Å². The molecule has 4 nitrogen and oxygen atoms in total. The van der Waals surface area contributed by atoms with Crippen LogP contribution in [0.5, 0.6) is 0 Å². The fraction of sp³-hybridized carbons (Fsp3) is 0.286. The van der Waals surface area contributed by atoms with Crippen molar-refractivity contribution >= 4 is 5.97 Å². The predicted octanol–water partition coefficient (Wildman–Crippen LogP) is 2.30. The first-order chi connectivity index (χ1) is 8.81. The van der Waals surface area contributed by atoms with Crippen LogP contribution in [0.4, 0.5) is 0 Å². The van der Waals surface area contributed by atoms with Gasteiger partial charge in [0.2, 0.25) is 0 Å². The van der Waals surface area contributed by atoms with Gasteiger partial charge in [0.05, 0.1) is 6.61 Å². The Kier molecular flexibility index (Phi) is 4.12. The Hall–Kier alpha value is -2.10. The number of pyridine rings is 1. The Bertz CT molecular complexity index is 506. The highest BCUT2D eigenvalue weighted by Gasteiger charge is 2.11. The number of aryl methyl sites for hydroxylation is 2. The van der Waals surface area contributed by atoms with Crippen molar-refractivity contribution < 1.29 is 9.53 Å². The third kappa shape index (κ3) is 2.97. The molecular weight excluding hydrogens is 228 g/mol. The van der Waals surface area contributed by atoms with Crippen molar-refractivity contribution in [1.29, 1.82) is 0 Å². The first-order valence-corrected chi connectivity index (χ1v) is 6.02. The molecule has 0 atom stereocenters. The van der Waals surface area contributed by atoms with Crippen molar-refractivity contribution in [3.05, 3.63) is 54.1 Å². The number of esters is 1. The molecule has 2 aromatic rings. The molecular formula is C14H16N2O2. The number of carbonyl (C=O) groups is 1. The largest absolute Gasteiger partial charge is 0.461 e. The van der Waals surface area contributed by atoms with E-state index in [0.29, 0.717) is 12.3 Å². The van der Waals surface area contributed by atoms with Gasteiger partial charge in [-0.05, 0) is 43.2 Å². The Morgan fingerprint density at radius 3 is 2.83 bits per heavy atom. The minimum atomic E-state index is -0.266. The molecule has 2 rings (SSSR count). The zero-order chi connectivity index (χ0) is 12.8. The second kappa shape index (κ2) is 6.00. The SMILES string of the molecule is CCOC(=O)c1cccn1CCc1ccncc1. The summed E-state index contributed by atoms with van der Waals surface area (Å²) in [4.78, 5) is 15.7. The van der Waals surface area contributed by atoms with E-state index in [4.69, 9.17) is 4.74 Å². The minimum Gasteiger partial charge on any atom is -0.461 e. The average Bonchev–Trinajstić information content (AvgIpc) is 2.86. The van der Waals surface area contributed by atoms with E-state index >= 15 is 0 Å². The third-order valence-corrected chi connectivity index (χ3v) is 2.70. The van der Waals surface area contributed by atoms with Crippen LogP contribution in [-0.2, 0) is 17.7 Å². The van der Waals surface area contributed by atoms with Crippen molar-refractivity contribution in [2.24, 2.45) is 0 Å². The van der Waals surface area contributed by atoms with E-state index in [-0.39, 0.29) is 5.97 Å². The van der Waals surface area contributed by atoms with Gasteiger partial charge in [-0.25, -0.2) is 4.79 Å². The summed E-state index contributed by atoms with van der Waals surface area (Å²) < 4.78 is 6.92. The molecule has 4 heteroatoms. The van der Waals surface area contributed by atoms with E-state index in [2.05, 4.69) is 4.98 Å². The first-order valence-electron chi connectivity index (χ1n) is 6.02. The van der Waals surface area contributed by atoms with E-state index in [9.17, 15) is 4.79 Å². The topological polar surface area (TPSA) is 44.1 Å². The van der Waals surface area contributed by atoms with Crippen LogP contribution in [0.2, 0.25) is 0 Å². The summed E-state index contributed by atoms with van der Waals surface area (Å²) in [7, 11) is 0. The minimum absolute atomic E-state index is 0.266. The summed E-state index contributed by atoms with van der Waals surface area (Å²) in [5.41, 5.74) is 1.81. The van der Waals surface area contributed by atoms with Gasteiger partial charge in [0, 0.05) is 25.1 Å². The molecule has 0 aromatic carbocycles. The number of hydrogen-bond acceptors (Lipinski definition) is 3. The van der Waals surface area contributed by atoms with E-state index in [1.165, 1.54) is 5.56 Å². The summed E-state index contributed by atoms with van der Waals surface area (Å²) in [6.07, 6.45) is 6.31. The normalized spacial score (nSPS) is 10.3. The highest BCUT2D eigenvalue weighted by atomic mass is 16.5. The molecule has 94 valence electrons. The summed E-state index contributed by atoms with van der Waals surface area (Å²) in [6.45, 7) is 2.96. The van der Waals surface area contributed by atoms with Gasteiger partial charge >= 0.3 is 5.97 Å². The zero-order valence-electron chi connectivity index (χ0n) is 10.4. The molecule has 0 spiro atoms. The average molecular weight is 244 g/mol. The summed E-state index contributed by atoms with van der Waals surface area (Å²) in [5, 5.41) is 0. The Morgan fingerprint density at radius 2 is 2.11 bits per heavy atom. The molecule has 0 aliphatic carbocycles. The maximum Gasteiger partial charge on any atom is 0.354 e. The predicted molar refractivity (Wildman–Crippen MR) is 68.3 cm³/mol. The van der Waals surface area contributed by atoms with Crippen molar-refractivity contribution in [2.75, 3.05) is 6.61 Å². The highest BCUT2D eigenvalue weighted by Crippen LogP contribution is 2.07. The standard InChI is InChI=1S/C14H16N2O2/c1-2-18-14(17)13-4-3-10-16(13)11-7-12-5-8-15-9-6-12/h3-6,8-10H,2,7,11H2,1H3. The summed E-state index contributed by atoms with van der Waals surface area (Å²) in [6, 6.07) is 7.60. The van der Waals surface area contributed by atoms with Crippen molar-refractivity contribution in [1.82, 2.24) is 9.55 Å². The van der Waals surface area contributed by atoms with Gasteiger partial charge in [-0.3, -0.25) is 4.98 Å². The summed E-state index contributed by atoms with van der Waals surface area (Å²) >= 11 is 0. The van der Waals surface area contributed by atoms with Crippen LogP contribution in [0.15, 0.2) is 42.9 Å². The van der Waals surface area contributed by atoms with Crippen molar-refractivity contribution in [3.8, 4) is 0 Å². The lowest BCUT2D eigenvalue weighted by atomic mass is 10.2. The Labute approximate surface area is 106 Å². The van der Waals surface area contributed by atoms with Crippen LogP contribution in [0, 0.1) is 0 Å². The fourth-order valence-corrected chi connectivity index (χ4v) is 1.80. The van der Waals surface area contributed by atoms with Gasteiger partial charge in [0.15, 0.2) is 0 Å². The number of ether oxygens (including phenoxy) is 1. The van der Waals surface area contributed by atoms with Crippen LogP contribution in [-0.4, -0.2) is 22.1 Å². The highest BCUT2D eigenvalue weighted by molar-refractivity contribution is 5.87. The third-order valence-electron chi connectivity index (χ3n) is 2.70. The van der Waals surface area contributed by atoms with Gasteiger partial charge in [-0.2, -0.15) is 0 Å². The second-order valence-corrected chi connectivity index (χ2v) is 3.91. The lowest BCUT2D eigenvalue weighted by Gasteiger charge is -2.08. The molecule has 0 aliphatic rings. The molecule has 2 aromatic heterocycles. The molecule has 0 amide bonds. The van der Waals surface area contributed by atoms with E-state index in [1.807, 2.05) is 35.9 Å². The van der Waals surface area contributed by atoms with E-state index in [0.717, 1.165) is 13.0 Å². The second-order valence-electron chi connectivity index (χ2n) is 3.91. The van der Waals surface area contributed by atoms with Crippen molar-refractivity contribution in [3.63, 3.8) is 0 Å². The molecule has 0 saturated heterocycles. The molecule has 0 saturated carbocycles. The van der Waals surface area contributed by atoms with Crippen LogP contribution >= 0.6 is 0 Å². The van der Waals surface area contributed by atoms with Gasteiger partial charge in [-0.1, -0.05) is 0 Å². The molecule has 0 unspecified atom stereocenters. The fourth-order valence-electron chi connectivity index (χ4n) is 1.80. The van der Waals surface area contributed by atoms with Gasteiger partial charge in [0.1, 0.15) is 5.69 Å². The molecule has 18 heavy (non-hydrogen) atoms. The van der Waals surface area contributed by atoms with Crippen LogP contribution < -0.4 is 0 Å². The maximum atomic E-state index is 11.7. The molecule has 0 bridgehead atoms. The quantitative estimate of drug-likeness (QED) is 0.758. The smallest absolute Gasteiger partial charge is 0.354 e. The van der Waals surface area contributed by atoms with Crippen LogP contribution in [0.1, 0.15) is 23.0 Å². The van der Waals surface area contributed by atoms with Gasteiger partial charge in [0.25, 0.3) is 0 Å². The molecule has 0 radical (unpaired) electrons. The van der Waals surface area contributed by atoms with E-state index in [1.54, 1.807) is 18.5 Å². The number of rotatable bonds is 5. The number of hydrogen-bond donors (Lipinski definition) is 0. The number of aromatic nitrogens is 2. The lowest BCUT2D eigenvalue weighted by Crippen LogP contribution is -2.12. The number of nitrogens with zero attached hydrogens (tertiary/aromatic N) is 2. The van der Waals surface area contributed by atoms with Crippen LogP contribution in [0.3, 0.4) is 0 Å². The molecule has 0 aliphatic heterocycles. The maximum absolute atomic E-state index is 11.7. The lowest BCUT2D eigenvalue weighted by molar-refractivity contribution is 0.0514. The van der Waals surface area contributed by atoms with Crippen LogP contribution in [0.25, 0.3) is 0 Å². The monoisotopic (exact) mass is 244 g/mol. The zero-order valence-corrected chi connectivity index (χ0v) is 10.4. The van der Waals surface area contributed by atoms with Gasteiger partial charge in [-0.15, -0.1) is 0 Å². The molecule has 2 heterocycles. The Balaban J connectivity index is 2.02. The number of carbonyl (C=O) groups excluding carboxylic acids is 1. The molecule has 0 N–H and O–H groups in total. The Morgan fingerprint density at radius 1 is 1.33 bits per heavy atom. The van der Waals surface area contributed by atoms with E-state index < -0.39 is 0 Å². The molecule has 0 fully saturated rings. The van der Waals surface area contributed by atoms with Gasteiger partial charge < -0.3 is 9.30 Å².